The van der Waals surface area contributed by atoms with E-state index in [2.05, 4.69) is 44.3 Å². The van der Waals surface area contributed by atoms with Crippen LogP contribution in [-0.2, 0) is 0 Å². The summed E-state index contributed by atoms with van der Waals surface area (Å²) in [6, 6.07) is 7.79. The molecule has 2 fully saturated rings. The highest BCUT2D eigenvalue weighted by Crippen LogP contribution is 2.44. The molecule has 1 N–H and O–H groups in total. The van der Waals surface area contributed by atoms with Crippen molar-refractivity contribution in [2.75, 3.05) is 20.1 Å². The number of nitrogens with one attached hydrogen (secondary N) is 1. The van der Waals surface area contributed by atoms with Crippen LogP contribution in [0.3, 0.4) is 0 Å². The van der Waals surface area contributed by atoms with Crippen LogP contribution in [0.4, 0.5) is 0 Å². The number of hydrogen-bond donors (Lipinski definition) is 1. The Kier molecular flexibility index (Phi) is 4.18. The first-order valence-electron chi connectivity index (χ1n) is 7.06. The van der Waals surface area contributed by atoms with E-state index in [-0.39, 0.29) is 0 Å². The summed E-state index contributed by atoms with van der Waals surface area (Å²) in [5, 5.41) is 4.17. The molecule has 1 aromatic carbocycles. The van der Waals surface area contributed by atoms with Crippen molar-refractivity contribution >= 4 is 27.5 Å². The normalized spacial score (nSPS) is 27.9. The lowest BCUT2D eigenvalue weighted by atomic mass is 9.93. The van der Waals surface area contributed by atoms with Gasteiger partial charge in [0, 0.05) is 16.6 Å². The van der Waals surface area contributed by atoms with Crippen LogP contribution < -0.4 is 5.32 Å². The second-order valence-electron chi connectivity index (χ2n) is 5.69. The first-order valence-corrected chi connectivity index (χ1v) is 8.23. The van der Waals surface area contributed by atoms with Gasteiger partial charge in [-0.15, -0.1) is 0 Å². The topological polar surface area (TPSA) is 15.3 Å². The van der Waals surface area contributed by atoms with Gasteiger partial charge in [-0.3, -0.25) is 4.90 Å². The Balaban J connectivity index is 1.89. The molecule has 0 spiro atoms. The summed E-state index contributed by atoms with van der Waals surface area (Å²) < 4.78 is 0.985. The molecule has 4 heteroatoms. The van der Waals surface area contributed by atoms with Crippen LogP contribution in [0, 0.1) is 5.92 Å². The maximum atomic E-state index is 6.28. The summed E-state index contributed by atoms with van der Waals surface area (Å²) in [5.74, 6) is 0.697. The monoisotopic (exact) mass is 342 g/mol. The van der Waals surface area contributed by atoms with Crippen LogP contribution in [0.2, 0.25) is 5.02 Å². The SMILES string of the molecule is CNCC1CCN(C2CC2)C1c1ccc(Br)c(Cl)c1. The van der Waals surface area contributed by atoms with Crippen molar-refractivity contribution in [3.63, 3.8) is 0 Å². The Hall–Kier alpha value is -0.0900. The van der Waals surface area contributed by atoms with Gasteiger partial charge in [0.15, 0.2) is 0 Å². The maximum Gasteiger partial charge on any atom is 0.0551 e. The van der Waals surface area contributed by atoms with Gasteiger partial charge in [0.2, 0.25) is 0 Å². The van der Waals surface area contributed by atoms with Gasteiger partial charge in [-0.05, 0) is 78.9 Å². The minimum atomic E-state index is 0.533. The van der Waals surface area contributed by atoms with Gasteiger partial charge in [0.1, 0.15) is 0 Å². The van der Waals surface area contributed by atoms with Gasteiger partial charge in [0.25, 0.3) is 0 Å². The lowest BCUT2D eigenvalue weighted by Gasteiger charge is -2.29. The predicted molar refractivity (Wildman–Crippen MR) is 83.7 cm³/mol. The first-order chi connectivity index (χ1) is 9.20. The Morgan fingerprint density at radius 2 is 2.16 bits per heavy atom. The van der Waals surface area contributed by atoms with Gasteiger partial charge < -0.3 is 5.32 Å². The van der Waals surface area contributed by atoms with E-state index in [1.54, 1.807) is 0 Å². The Bertz CT molecular complexity index is 461. The highest BCUT2D eigenvalue weighted by atomic mass is 79.9. The molecule has 0 aromatic heterocycles. The fraction of sp³-hybridized carbons (Fsp3) is 0.600. The summed E-state index contributed by atoms with van der Waals surface area (Å²) >= 11 is 9.76. The molecule has 1 aliphatic heterocycles. The second-order valence-corrected chi connectivity index (χ2v) is 6.96. The smallest absolute Gasteiger partial charge is 0.0551 e. The van der Waals surface area contributed by atoms with Crippen molar-refractivity contribution in [1.29, 1.82) is 0 Å². The standard InChI is InChI=1S/C15H20BrClN2/c1-18-9-11-6-7-19(12-3-4-12)15(11)10-2-5-13(16)14(17)8-10/h2,5,8,11-12,15,18H,3-4,6-7,9H2,1H3. The summed E-state index contributed by atoms with van der Waals surface area (Å²) in [5.41, 5.74) is 1.37. The van der Waals surface area contributed by atoms with Crippen LogP contribution in [-0.4, -0.2) is 31.1 Å². The van der Waals surface area contributed by atoms with Crippen LogP contribution in [0.5, 0.6) is 0 Å². The molecule has 2 unspecified atom stereocenters. The largest absolute Gasteiger partial charge is 0.319 e. The fourth-order valence-electron chi connectivity index (χ4n) is 3.33. The minimum absolute atomic E-state index is 0.533. The van der Waals surface area contributed by atoms with E-state index in [1.807, 2.05) is 7.05 Å². The molecule has 0 amide bonds. The van der Waals surface area contributed by atoms with Gasteiger partial charge >= 0.3 is 0 Å². The quantitative estimate of drug-likeness (QED) is 0.893. The lowest BCUT2D eigenvalue weighted by Crippen LogP contribution is -2.30. The number of nitrogens with zero attached hydrogens (tertiary/aromatic N) is 1. The van der Waals surface area contributed by atoms with E-state index in [9.17, 15) is 0 Å². The van der Waals surface area contributed by atoms with Crippen LogP contribution in [0.15, 0.2) is 22.7 Å². The molecule has 1 saturated heterocycles. The average molecular weight is 344 g/mol. The van der Waals surface area contributed by atoms with Crippen LogP contribution in [0.1, 0.15) is 30.9 Å². The van der Waals surface area contributed by atoms with Crippen molar-refractivity contribution < 1.29 is 0 Å². The summed E-state index contributed by atoms with van der Waals surface area (Å²) in [4.78, 5) is 2.70. The van der Waals surface area contributed by atoms with E-state index in [0.29, 0.717) is 12.0 Å². The molecule has 1 aliphatic carbocycles. The zero-order valence-electron chi connectivity index (χ0n) is 11.2. The van der Waals surface area contributed by atoms with Gasteiger partial charge in [-0.1, -0.05) is 17.7 Å². The second kappa shape index (κ2) is 5.72. The number of halogens is 2. The van der Waals surface area contributed by atoms with Gasteiger partial charge in [-0.2, -0.15) is 0 Å². The van der Waals surface area contributed by atoms with Crippen molar-refractivity contribution in [2.45, 2.75) is 31.3 Å². The summed E-state index contributed by atoms with van der Waals surface area (Å²) in [6.07, 6.45) is 4.02. The minimum Gasteiger partial charge on any atom is -0.319 e. The predicted octanol–water partition coefficient (Wildman–Crippen LogP) is 3.85. The lowest BCUT2D eigenvalue weighted by molar-refractivity contribution is 0.217. The zero-order chi connectivity index (χ0) is 13.4. The molecule has 1 aromatic rings. The molecular formula is C15H20BrClN2. The Labute approximate surface area is 128 Å². The highest BCUT2D eigenvalue weighted by molar-refractivity contribution is 9.10. The van der Waals surface area contributed by atoms with E-state index < -0.39 is 0 Å². The highest BCUT2D eigenvalue weighted by Gasteiger charge is 2.42. The third-order valence-corrected chi connectivity index (χ3v) is 5.56. The Morgan fingerprint density at radius 3 is 2.79 bits per heavy atom. The maximum absolute atomic E-state index is 6.28. The van der Waals surface area contributed by atoms with Gasteiger partial charge in [-0.25, -0.2) is 0 Å². The van der Waals surface area contributed by atoms with Crippen molar-refractivity contribution in [1.82, 2.24) is 10.2 Å². The molecule has 2 aliphatic rings. The molecular weight excluding hydrogens is 324 g/mol. The third-order valence-electron chi connectivity index (χ3n) is 4.33. The molecule has 1 heterocycles. The van der Waals surface area contributed by atoms with Crippen molar-refractivity contribution in [3.8, 4) is 0 Å². The fourth-order valence-corrected chi connectivity index (χ4v) is 3.77. The molecule has 0 radical (unpaired) electrons. The molecule has 2 nitrogen and oxygen atoms in total. The molecule has 2 atom stereocenters. The number of hydrogen-bond acceptors (Lipinski definition) is 2. The molecule has 104 valence electrons. The molecule has 19 heavy (non-hydrogen) atoms. The van der Waals surface area contributed by atoms with E-state index in [1.165, 1.54) is 31.4 Å². The zero-order valence-corrected chi connectivity index (χ0v) is 13.5. The summed E-state index contributed by atoms with van der Waals surface area (Å²) in [7, 11) is 2.05. The number of benzene rings is 1. The molecule has 3 rings (SSSR count). The first kappa shape index (κ1) is 13.9. The molecule has 0 bridgehead atoms. The van der Waals surface area contributed by atoms with Crippen LogP contribution in [0.25, 0.3) is 0 Å². The number of rotatable bonds is 4. The van der Waals surface area contributed by atoms with E-state index in [0.717, 1.165) is 22.1 Å². The average Bonchev–Trinajstić information content (AvgIpc) is 3.15. The number of likely N-dealkylation sites (tertiary alicyclic amines) is 1. The Morgan fingerprint density at radius 1 is 1.37 bits per heavy atom. The van der Waals surface area contributed by atoms with E-state index >= 15 is 0 Å². The molecule has 1 saturated carbocycles. The van der Waals surface area contributed by atoms with Crippen molar-refractivity contribution in [2.24, 2.45) is 5.92 Å². The van der Waals surface area contributed by atoms with Crippen molar-refractivity contribution in [3.05, 3.63) is 33.3 Å². The summed E-state index contributed by atoms with van der Waals surface area (Å²) in [6.45, 7) is 2.32. The van der Waals surface area contributed by atoms with E-state index in [4.69, 9.17) is 11.6 Å². The third kappa shape index (κ3) is 2.85. The van der Waals surface area contributed by atoms with Crippen LogP contribution >= 0.6 is 27.5 Å². The van der Waals surface area contributed by atoms with Gasteiger partial charge in [0.05, 0.1) is 5.02 Å².